The fourth-order valence-electron chi connectivity index (χ4n) is 5.59. The smallest absolute Gasteiger partial charge is 0.217 e. The average molecular weight is 692 g/mol. The molecule has 3 aliphatic rings. The van der Waals surface area contributed by atoms with E-state index in [1.54, 1.807) is 0 Å². The predicted molar refractivity (Wildman–Crippen MR) is 151 cm³/mol. The molecule has 0 aromatic rings. The maximum Gasteiger partial charge on any atom is 0.217 e. The Morgan fingerprint density at radius 3 is 2.22 bits per heavy atom. The number of ether oxygens (including phenoxy) is 5. The Morgan fingerprint density at radius 1 is 1.00 bits per heavy atom. The van der Waals surface area contributed by atoms with Crippen molar-refractivity contribution in [2.75, 3.05) is 33.0 Å². The number of aliphatic hydroxyl groups excluding tert-OH is 10. The van der Waals surface area contributed by atoms with E-state index >= 15 is 0 Å². The number of nitrogens with one attached hydrogen (secondary N) is 1. The molecule has 46 heavy (non-hydrogen) atoms. The highest BCUT2D eigenvalue weighted by molar-refractivity contribution is 8.01. The number of thioether (sulfide) groups is 1. The summed E-state index contributed by atoms with van der Waals surface area (Å²) in [5.41, 5.74) is 0. The van der Waals surface area contributed by atoms with Crippen LogP contribution in [0.4, 0.5) is 0 Å². The molecule has 0 aromatic carbocycles. The van der Waals surface area contributed by atoms with Crippen LogP contribution in [-0.2, 0) is 33.4 Å². The molecule has 0 spiro atoms. The van der Waals surface area contributed by atoms with Gasteiger partial charge in [-0.2, -0.15) is 0 Å². The van der Waals surface area contributed by atoms with Gasteiger partial charge >= 0.3 is 0 Å². The van der Waals surface area contributed by atoms with E-state index in [4.69, 9.17) is 23.7 Å². The second-order valence-corrected chi connectivity index (χ2v) is 12.7. The highest BCUT2D eigenvalue weighted by atomic mass is 32.2. The van der Waals surface area contributed by atoms with Gasteiger partial charge in [-0.15, -0.1) is 18.3 Å². The third kappa shape index (κ3) is 8.91. The molecule has 0 radical (unpaired) electrons. The first-order valence-electron chi connectivity index (χ1n) is 14.4. The van der Waals surface area contributed by atoms with Gasteiger partial charge in [-0.1, -0.05) is 6.08 Å². The van der Waals surface area contributed by atoms with Gasteiger partial charge in [-0.3, -0.25) is 10.1 Å². The van der Waals surface area contributed by atoms with Gasteiger partial charge in [0.1, 0.15) is 66.5 Å². The molecule has 0 aliphatic carbocycles. The second-order valence-electron chi connectivity index (χ2n) is 11.2. The lowest BCUT2D eigenvalue weighted by atomic mass is 9.93. The molecule has 0 bridgehead atoms. The molecule has 8 unspecified atom stereocenters. The van der Waals surface area contributed by atoms with Crippen LogP contribution in [0.5, 0.6) is 0 Å². The maximum atomic E-state index is 11.9. The Bertz CT molecular complexity index is 968. The minimum absolute atomic E-state index is 0.0634. The lowest BCUT2D eigenvalue weighted by Crippen LogP contribution is -2.67. The van der Waals surface area contributed by atoms with Crippen LogP contribution in [0.25, 0.3) is 0 Å². The molecule has 3 saturated heterocycles. The molecular weight excluding hydrogens is 646 g/mol. The molecule has 12 N–H and O–H groups in total. The maximum absolute atomic E-state index is 11.9. The van der Waals surface area contributed by atoms with Gasteiger partial charge in [-0.05, 0) is 0 Å². The van der Waals surface area contributed by atoms with Gasteiger partial charge in [0.15, 0.2) is 12.6 Å². The van der Waals surface area contributed by atoms with Crippen molar-refractivity contribution in [1.82, 2.24) is 5.32 Å². The van der Waals surface area contributed by atoms with E-state index in [0.29, 0.717) is 11.8 Å². The molecule has 0 aromatic heterocycles. The van der Waals surface area contributed by atoms with Crippen molar-refractivity contribution in [1.29, 1.82) is 0 Å². The fourth-order valence-corrected chi connectivity index (χ4v) is 7.35. The SMILES string of the molecule is C=CCO[C@@H]1OC(CO)[C@@H](O[C@@H]2OC(CO)[C@H](O)C(O[C@]3(COO)CC(O)[C@@H](NC(C)=O)C([C@H](O)[C@H](O)CO)S3)C2O)C(O)C1O. The molecule has 0 saturated carbocycles. The van der Waals surface area contributed by atoms with Gasteiger partial charge < -0.3 is 80.1 Å². The van der Waals surface area contributed by atoms with Crippen LogP contribution in [0.1, 0.15) is 13.3 Å². The number of amides is 1. The Morgan fingerprint density at radius 2 is 1.65 bits per heavy atom. The van der Waals surface area contributed by atoms with Crippen molar-refractivity contribution in [3.8, 4) is 0 Å². The molecule has 20 heteroatoms. The number of carbonyl (C=O) groups excluding carboxylic acids is 1. The number of hydrogen-bond acceptors (Lipinski definition) is 19. The number of carbonyl (C=O) groups is 1. The number of rotatable bonds is 15. The van der Waals surface area contributed by atoms with E-state index in [2.05, 4.69) is 16.8 Å². The third-order valence-corrected chi connectivity index (χ3v) is 9.53. The number of hydrogen-bond donors (Lipinski definition) is 12. The summed E-state index contributed by atoms with van der Waals surface area (Å²) in [4.78, 5) is 14.3. The van der Waals surface area contributed by atoms with Crippen LogP contribution in [0.15, 0.2) is 12.7 Å². The van der Waals surface area contributed by atoms with Crippen LogP contribution >= 0.6 is 11.8 Å². The molecule has 16 atom stereocenters. The molecule has 3 heterocycles. The summed E-state index contributed by atoms with van der Waals surface area (Å²) < 4.78 is 28.1. The zero-order valence-corrected chi connectivity index (χ0v) is 25.7. The van der Waals surface area contributed by atoms with Gasteiger partial charge in [-0.25, -0.2) is 4.89 Å². The summed E-state index contributed by atoms with van der Waals surface area (Å²) in [6.45, 7) is 1.28. The normalized spacial score (nSPS) is 43.1. The Kier molecular flexibility index (Phi) is 15.0. The Labute approximate surface area is 267 Å². The van der Waals surface area contributed by atoms with E-state index in [-0.39, 0.29) is 6.61 Å². The lowest BCUT2D eigenvalue weighted by Gasteiger charge is -2.51. The summed E-state index contributed by atoms with van der Waals surface area (Å²) >= 11 is 0.648. The van der Waals surface area contributed by atoms with Crippen molar-refractivity contribution in [2.24, 2.45) is 0 Å². The van der Waals surface area contributed by atoms with Crippen LogP contribution < -0.4 is 5.32 Å². The highest BCUT2D eigenvalue weighted by Crippen LogP contribution is 2.46. The van der Waals surface area contributed by atoms with Crippen molar-refractivity contribution in [2.45, 2.75) is 109 Å². The minimum Gasteiger partial charge on any atom is -0.394 e. The first-order valence-corrected chi connectivity index (χ1v) is 15.3. The highest BCUT2D eigenvalue weighted by Gasteiger charge is 2.57. The first-order chi connectivity index (χ1) is 21.8. The monoisotopic (exact) mass is 691 g/mol. The van der Waals surface area contributed by atoms with Gasteiger partial charge in [0.05, 0.1) is 49.9 Å². The minimum atomic E-state index is -1.97. The summed E-state index contributed by atoms with van der Waals surface area (Å²) in [6.07, 6.45) is -20.8. The van der Waals surface area contributed by atoms with Gasteiger partial charge in [0, 0.05) is 13.3 Å². The quantitative estimate of drug-likeness (QED) is 0.0432. The summed E-state index contributed by atoms with van der Waals surface area (Å²) in [7, 11) is 0. The van der Waals surface area contributed by atoms with Gasteiger partial charge in [0.2, 0.25) is 5.91 Å². The van der Waals surface area contributed by atoms with Crippen LogP contribution in [-0.4, -0.2) is 191 Å². The van der Waals surface area contributed by atoms with E-state index in [1.807, 2.05) is 0 Å². The van der Waals surface area contributed by atoms with E-state index < -0.39 is 135 Å². The Hall–Kier alpha value is -1.12. The Balaban J connectivity index is 1.91. The molecule has 3 rings (SSSR count). The molecular formula is C26H45NO18S. The third-order valence-electron chi connectivity index (χ3n) is 7.87. The molecule has 3 aliphatic heterocycles. The van der Waals surface area contributed by atoms with Crippen LogP contribution in [0.3, 0.4) is 0 Å². The molecule has 19 nitrogen and oxygen atoms in total. The average Bonchev–Trinajstić information content (AvgIpc) is 3.02. The predicted octanol–water partition coefficient (Wildman–Crippen LogP) is -5.89. The van der Waals surface area contributed by atoms with Crippen molar-refractivity contribution >= 4 is 17.7 Å². The standard InChI is InChI=1S/C26H45NO18S/c1-3-4-40-24-19(37)18(36)21(14(8-30)43-24)44-25-20(38)22(17(35)13(7-29)42-25)45-26(9-41-39)5-11(32)15(27-10(2)31)23(46-26)16(34)12(33)6-28/h3,11-25,28-30,32-39H,1,4-9H2,2H3,(H,27,31)/t11?,12-,13?,14?,15-,16-,17+,18?,19?,20?,21-,22?,23?,24-,25+,26-/m1/s1. The van der Waals surface area contributed by atoms with Gasteiger partial charge in [0.25, 0.3) is 0 Å². The number of aliphatic hydroxyl groups is 10. The zero-order valence-electron chi connectivity index (χ0n) is 24.9. The zero-order chi connectivity index (χ0) is 34.3. The fraction of sp³-hybridized carbons (Fsp3) is 0.885. The van der Waals surface area contributed by atoms with E-state index in [1.165, 1.54) is 6.08 Å². The second kappa shape index (κ2) is 17.5. The molecule has 3 fully saturated rings. The lowest BCUT2D eigenvalue weighted by molar-refractivity contribution is -0.366. The van der Waals surface area contributed by atoms with E-state index in [9.17, 15) is 61.1 Å². The largest absolute Gasteiger partial charge is 0.394 e. The topological polar surface area (TPSA) is 307 Å². The van der Waals surface area contributed by atoms with Crippen molar-refractivity contribution in [3.63, 3.8) is 0 Å². The van der Waals surface area contributed by atoms with Crippen LogP contribution in [0.2, 0.25) is 0 Å². The summed E-state index contributed by atoms with van der Waals surface area (Å²) in [5, 5.41) is 116. The summed E-state index contributed by atoms with van der Waals surface area (Å²) in [6, 6.07) is -1.21. The molecule has 1 amide bonds. The van der Waals surface area contributed by atoms with E-state index in [0.717, 1.165) is 6.92 Å². The molecule has 268 valence electrons. The van der Waals surface area contributed by atoms with Crippen molar-refractivity contribution in [3.05, 3.63) is 12.7 Å². The summed E-state index contributed by atoms with van der Waals surface area (Å²) in [5.74, 6) is -0.605. The first kappa shape index (κ1) is 39.3. The van der Waals surface area contributed by atoms with Crippen molar-refractivity contribution < 1.29 is 89.7 Å². The van der Waals surface area contributed by atoms with Crippen LogP contribution in [0, 0.1) is 0 Å².